The molecule has 3 rings (SSSR count). The Morgan fingerprint density at radius 2 is 2.10 bits per heavy atom. The van der Waals surface area contributed by atoms with Gasteiger partial charge >= 0.3 is 0 Å². The molecule has 1 unspecified atom stereocenters. The summed E-state index contributed by atoms with van der Waals surface area (Å²) in [6.07, 6.45) is 1.05. The molecule has 2 aromatic rings. The minimum absolute atomic E-state index is 0.00590. The van der Waals surface area contributed by atoms with Crippen LogP contribution in [0.4, 0.5) is 0 Å². The average Bonchev–Trinajstić information content (AvgIpc) is 2.41. The summed E-state index contributed by atoms with van der Waals surface area (Å²) in [7, 11) is 0. The van der Waals surface area contributed by atoms with Crippen LogP contribution in [0.15, 0.2) is 42.5 Å². The molecule has 0 spiro atoms. The highest BCUT2D eigenvalue weighted by Crippen LogP contribution is 2.36. The lowest BCUT2D eigenvalue weighted by molar-refractivity contribution is 0.275. The number of hydrogen-bond donors (Lipinski definition) is 2. The van der Waals surface area contributed by atoms with Gasteiger partial charge in [-0.3, -0.25) is 5.41 Å². The molecule has 0 heterocycles. The summed E-state index contributed by atoms with van der Waals surface area (Å²) in [5.74, 6) is 1.09. The second kappa shape index (κ2) is 5.17. The van der Waals surface area contributed by atoms with Gasteiger partial charge < -0.3 is 10.5 Å². The molecule has 4 heteroatoms. The molecule has 0 radical (unpaired) electrons. The van der Waals surface area contributed by atoms with Crippen molar-refractivity contribution in [1.29, 1.82) is 5.41 Å². The molecule has 1 aliphatic rings. The first-order valence-corrected chi connectivity index (χ1v) is 6.87. The maximum atomic E-state index is 7.37. The summed E-state index contributed by atoms with van der Waals surface area (Å²) in [5.41, 5.74) is 8.80. The number of halogens is 1. The molecular formula is C16H15ClN2O. The molecule has 0 aromatic heterocycles. The summed E-state index contributed by atoms with van der Waals surface area (Å²) < 4.78 is 5.79. The Morgan fingerprint density at radius 1 is 1.30 bits per heavy atom. The van der Waals surface area contributed by atoms with Crippen LogP contribution in [0.1, 0.15) is 22.6 Å². The molecule has 1 atom stereocenters. The standard InChI is InChI=1S/C16H15ClN2O/c17-14-8-11(16(18)19)5-6-15(14)20-9-12-7-10-3-1-2-4-13(10)12/h1-6,8,12H,7,9H2,(H3,18,19). The Hall–Kier alpha value is -2.00. The van der Waals surface area contributed by atoms with Crippen molar-refractivity contribution in [3.8, 4) is 5.75 Å². The number of nitrogens with one attached hydrogen (secondary N) is 1. The van der Waals surface area contributed by atoms with Crippen LogP contribution in [0, 0.1) is 5.41 Å². The molecule has 2 aromatic carbocycles. The number of benzene rings is 2. The maximum Gasteiger partial charge on any atom is 0.137 e. The van der Waals surface area contributed by atoms with Gasteiger partial charge in [0.05, 0.1) is 11.6 Å². The van der Waals surface area contributed by atoms with Crippen LogP contribution < -0.4 is 10.5 Å². The van der Waals surface area contributed by atoms with Gasteiger partial charge in [-0.15, -0.1) is 0 Å². The molecule has 3 nitrogen and oxygen atoms in total. The number of ether oxygens (including phenoxy) is 1. The van der Waals surface area contributed by atoms with E-state index < -0.39 is 0 Å². The number of amidine groups is 1. The van der Waals surface area contributed by atoms with Crippen LogP contribution in [0.5, 0.6) is 5.75 Å². The average molecular weight is 287 g/mol. The summed E-state index contributed by atoms with van der Waals surface area (Å²) in [6, 6.07) is 13.6. The summed E-state index contributed by atoms with van der Waals surface area (Å²) in [6.45, 7) is 0.621. The Kier molecular flexibility index (Phi) is 3.36. The van der Waals surface area contributed by atoms with Gasteiger partial charge in [-0.25, -0.2) is 0 Å². The molecule has 20 heavy (non-hydrogen) atoms. The van der Waals surface area contributed by atoms with Gasteiger partial charge in [0.2, 0.25) is 0 Å². The molecule has 0 aliphatic heterocycles. The van der Waals surface area contributed by atoms with Crippen LogP contribution in [0.3, 0.4) is 0 Å². The van der Waals surface area contributed by atoms with Crippen molar-refractivity contribution in [3.63, 3.8) is 0 Å². The predicted octanol–water partition coefficient (Wildman–Crippen LogP) is 3.34. The van der Waals surface area contributed by atoms with Gasteiger partial charge in [0.1, 0.15) is 11.6 Å². The fraction of sp³-hybridized carbons (Fsp3) is 0.188. The first-order valence-electron chi connectivity index (χ1n) is 6.49. The zero-order chi connectivity index (χ0) is 14.1. The van der Waals surface area contributed by atoms with Gasteiger partial charge in [0, 0.05) is 11.5 Å². The van der Waals surface area contributed by atoms with Crippen molar-refractivity contribution < 1.29 is 4.74 Å². The van der Waals surface area contributed by atoms with E-state index in [4.69, 9.17) is 27.5 Å². The van der Waals surface area contributed by atoms with Crippen molar-refractivity contribution in [2.75, 3.05) is 6.61 Å². The predicted molar refractivity (Wildman–Crippen MR) is 80.9 cm³/mol. The van der Waals surface area contributed by atoms with Gasteiger partial charge in [0.25, 0.3) is 0 Å². The normalized spacial score (nSPS) is 16.1. The van der Waals surface area contributed by atoms with E-state index in [1.807, 2.05) is 0 Å². The molecule has 1 aliphatic carbocycles. The quantitative estimate of drug-likeness (QED) is 0.669. The largest absolute Gasteiger partial charge is 0.491 e. The van der Waals surface area contributed by atoms with Crippen molar-refractivity contribution in [2.45, 2.75) is 12.3 Å². The molecule has 102 valence electrons. The minimum Gasteiger partial charge on any atom is -0.491 e. The first-order chi connectivity index (χ1) is 9.65. The lowest BCUT2D eigenvalue weighted by atomic mass is 9.78. The molecule has 0 amide bonds. The Bertz CT molecular complexity index is 669. The fourth-order valence-corrected chi connectivity index (χ4v) is 2.72. The van der Waals surface area contributed by atoms with Crippen LogP contribution in [-0.2, 0) is 6.42 Å². The van der Waals surface area contributed by atoms with E-state index in [1.165, 1.54) is 11.1 Å². The fourth-order valence-electron chi connectivity index (χ4n) is 2.49. The molecule has 0 bridgehead atoms. The van der Waals surface area contributed by atoms with E-state index in [9.17, 15) is 0 Å². The van der Waals surface area contributed by atoms with E-state index in [0.29, 0.717) is 28.9 Å². The van der Waals surface area contributed by atoms with E-state index in [1.54, 1.807) is 18.2 Å². The topological polar surface area (TPSA) is 59.1 Å². The SMILES string of the molecule is N=C(N)c1ccc(OCC2Cc3ccccc32)c(Cl)c1. The monoisotopic (exact) mass is 286 g/mol. The summed E-state index contributed by atoms with van der Waals surface area (Å²) in [4.78, 5) is 0. The molecule has 0 saturated heterocycles. The van der Waals surface area contributed by atoms with Gasteiger partial charge in [-0.05, 0) is 35.7 Å². The molecular weight excluding hydrogens is 272 g/mol. The highest BCUT2D eigenvalue weighted by molar-refractivity contribution is 6.32. The van der Waals surface area contributed by atoms with Crippen molar-refractivity contribution in [3.05, 3.63) is 64.2 Å². The highest BCUT2D eigenvalue weighted by atomic mass is 35.5. The lowest BCUT2D eigenvalue weighted by Gasteiger charge is -2.30. The van der Waals surface area contributed by atoms with Gasteiger partial charge in [-0.1, -0.05) is 35.9 Å². The summed E-state index contributed by atoms with van der Waals surface area (Å²) in [5, 5.41) is 7.86. The second-order valence-corrected chi connectivity index (χ2v) is 5.38. The molecule has 0 fully saturated rings. The Labute approximate surface area is 122 Å². The highest BCUT2D eigenvalue weighted by Gasteiger charge is 2.26. The lowest BCUT2D eigenvalue weighted by Crippen LogP contribution is -2.23. The third-order valence-corrected chi connectivity index (χ3v) is 3.94. The number of hydrogen-bond acceptors (Lipinski definition) is 2. The zero-order valence-electron chi connectivity index (χ0n) is 10.9. The second-order valence-electron chi connectivity index (χ2n) is 4.97. The minimum atomic E-state index is 0.00590. The van der Waals surface area contributed by atoms with Gasteiger partial charge in [-0.2, -0.15) is 0 Å². The smallest absolute Gasteiger partial charge is 0.137 e. The van der Waals surface area contributed by atoms with Crippen LogP contribution in [0.2, 0.25) is 5.02 Å². The zero-order valence-corrected chi connectivity index (χ0v) is 11.7. The number of rotatable bonds is 4. The Morgan fingerprint density at radius 3 is 2.80 bits per heavy atom. The molecule has 3 N–H and O–H groups in total. The van der Waals surface area contributed by atoms with E-state index in [0.717, 1.165) is 6.42 Å². The van der Waals surface area contributed by atoms with Gasteiger partial charge in [0.15, 0.2) is 0 Å². The van der Waals surface area contributed by atoms with Crippen LogP contribution in [-0.4, -0.2) is 12.4 Å². The Balaban J connectivity index is 1.67. The van der Waals surface area contributed by atoms with Crippen molar-refractivity contribution in [2.24, 2.45) is 5.73 Å². The van der Waals surface area contributed by atoms with E-state index in [2.05, 4.69) is 24.3 Å². The number of nitrogens with two attached hydrogens (primary N) is 1. The third kappa shape index (κ3) is 2.37. The van der Waals surface area contributed by atoms with Crippen LogP contribution >= 0.6 is 11.6 Å². The van der Waals surface area contributed by atoms with E-state index >= 15 is 0 Å². The van der Waals surface area contributed by atoms with Crippen molar-refractivity contribution >= 4 is 17.4 Å². The number of nitrogen functional groups attached to an aromatic ring is 1. The molecule has 0 saturated carbocycles. The summed E-state index contributed by atoms with van der Waals surface area (Å²) >= 11 is 6.14. The maximum absolute atomic E-state index is 7.37. The number of fused-ring (bicyclic) bond motifs is 1. The van der Waals surface area contributed by atoms with Crippen LogP contribution in [0.25, 0.3) is 0 Å². The van der Waals surface area contributed by atoms with Crippen molar-refractivity contribution in [1.82, 2.24) is 0 Å². The third-order valence-electron chi connectivity index (χ3n) is 3.64. The first kappa shape index (κ1) is 13.0. The van der Waals surface area contributed by atoms with E-state index in [-0.39, 0.29) is 5.84 Å².